The van der Waals surface area contributed by atoms with Crippen molar-refractivity contribution < 1.29 is 19.4 Å². The van der Waals surface area contributed by atoms with Crippen LogP contribution in [0, 0.1) is 0 Å². The van der Waals surface area contributed by atoms with Crippen molar-refractivity contribution in [3.8, 4) is 0 Å². The molecule has 1 fully saturated rings. The molecule has 0 radical (unpaired) electrons. The van der Waals surface area contributed by atoms with Crippen molar-refractivity contribution in [3.05, 3.63) is 35.4 Å². The number of amides is 1. The highest BCUT2D eigenvalue weighted by molar-refractivity contribution is 5.96. The van der Waals surface area contributed by atoms with Gasteiger partial charge in [-0.2, -0.15) is 0 Å². The predicted molar refractivity (Wildman–Crippen MR) is 69.3 cm³/mol. The van der Waals surface area contributed by atoms with Crippen LogP contribution in [0.5, 0.6) is 0 Å². The molecule has 1 aromatic carbocycles. The molecule has 0 bridgehead atoms. The standard InChI is InChI=1S/C14H17NO4/c1-14(2)11(7-8-19-14)15-12(16)9-3-5-10(6-4-9)13(17)18/h3-6,11H,7-8H2,1-2H3,(H,15,16)(H,17,18). The van der Waals surface area contributed by atoms with E-state index in [0.717, 1.165) is 6.42 Å². The highest BCUT2D eigenvalue weighted by atomic mass is 16.5. The highest BCUT2D eigenvalue weighted by Gasteiger charge is 2.36. The van der Waals surface area contributed by atoms with Gasteiger partial charge in [0, 0.05) is 12.2 Å². The van der Waals surface area contributed by atoms with Gasteiger partial charge in [0.05, 0.1) is 17.2 Å². The minimum atomic E-state index is -1.00. The molecule has 102 valence electrons. The van der Waals surface area contributed by atoms with E-state index in [2.05, 4.69) is 5.32 Å². The summed E-state index contributed by atoms with van der Waals surface area (Å²) in [7, 11) is 0. The first-order valence-electron chi connectivity index (χ1n) is 6.18. The fourth-order valence-corrected chi connectivity index (χ4v) is 2.14. The smallest absolute Gasteiger partial charge is 0.335 e. The van der Waals surface area contributed by atoms with Gasteiger partial charge in [0.1, 0.15) is 0 Å². The maximum absolute atomic E-state index is 12.1. The molecule has 1 saturated heterocycles. The van der Waals surface area contributed by atoms with Crippen molar-refractivity contribution in [1.29, 1.82) is 0 Å². The lowest BCUT2D eigenvalue weighted by molar-refractivity contribution is 0.0213. The average molecular weight is 263 g/mol. The van der Waals surface area contributed by atoms with Gasteiger partial charge in [0.15, 0.2) is 0 Å². The number of carbonyl (C=O) groups is 2. The first kappa shape index (κ1) is 13.5. The van der Waals surface area contributed by atoms with Crippen molar-refractivity contribution in [2.45, 2.75) is 31.9 Å². The first-order chi connectivity index (χ1) is 8.90. The Bertz CT molecular complexity index is 493. The van der Waals surface area contributed by atoms with Crippen molar-refractivity contribution in [3.63, 3.8) is 0 Å². The molecule has 1 aliphatic heterocycles. The quantitative estimate of drug-likeness (QED) is 0.870. The minimum Gasteiger partial charge on any atom is -0.478 e. The van der Waals surface area contributed by atoms with Crippen LogP contribution in [0.15, 0.2) is 24.3 Å². The van der Waals surface area contributed by atoms with Gasteiger partial charge in [-0.25, -0.2) is 4.79 Å². The molecular formula is C14H17NO4. The first-order valence-corrected chi connectivity index (χ1v) is 6.18. The SMILES string of the molecule is CC1(C)OCCC1NC(=O)c1ccc(C(=O)O)cc1. The van der Waals surface area contributed by atoms with Crippen LogP contribution in [0.2, 0.25) is 0 Å². The lowest BCUT2D eigenvalue weighted by atomic mass is 9.98. The molecule has 0 aliphatic carbocycles. The maximum atomic E-state index is 12.1. The van der Waals surface area contributed by atoms with Gasteiger partial charge in [-0.05, 0) is 44.5 Å². The number of rotatable bonds is 3. The summed E-state index contributed by atoms with van der Waals surface area (Å²) in [4.78, 5) is 22.8. The van der Waals surface area contributed by atoms with E-state index in [9.17, 15) is 9.59 Å². The van der Waals surface area contributed by atoms with Gasteiger partial charge in [-0.15, -0.1) is 0 Å². The Hall–Kier alpha value is -1.88. The Morgan fingerprint density at radius 3 is 2.32 bits per heavy atom. The number of hydrogen-bond acceptors (Lipinski definition) is 3. The second-order valence-corrected chi connectivity index (χ2v) is 5.15. The van der Waals surface area contributed by atoms with E-state index in [4.69, 9.17) is 9.84 Å². The Morgan fingerprint density at radius 2 is 1.84 bits per heavy atom. The molecule has 0 aromatic heterocycles. The number of hydrogen-bond donors (Lipinski definition) is 2. The molecule has 1 aliphatic rings. The van der Waals surface area contributed by atoms with Crippen LogP contribution in [0.4, 0.5) is 0 Å². The lowest BCUT2D eigenvalue weighted by Gasteiger charge is -2.26. The second-order valence-electron chi connectivity index (χ2n) is 5.15. The van der Waals surface area contributed by atoms with Crippen LogP contribution < -0.4 is 5.32 Å². The van der Waals surface area contributed by atoms with Crippen LogP contribution >= 0.6 is 0 Å². The number of aromatic carboxylic acids is 1. The zero-order valence-electron chi connectivity index (χ0n) is 11.0. The van der Waals surface area contributed by atoms with E-state index in [1.54, 1.807) is 0 Å². The maximum Gasteiger partial charge on any atom is 0.335 e. The fourth-order valence-electron chi connectivity index (χ4n) is 2.14. The van der Waals surface area contributed by atoms with Gasteiger partial charge in [0.25, 0.3) is 5.91 Å². The van der Waals surface area contributed by atoms with E-state index in [1.807, 2.05) is 13.8 Å². The summed E-state index contributed by atoms with van der Waals surface area (Å²) in [5.74, 6) is -1.21. The Morgan fingerprint density at radius 1 is 1.26 bits per heavy atom. The van der Waals surface area contributed by atoms with Crippen molar-refractivity contribution in [2.24, 2.45) is 0 Å². The normalized spacial score (nSPS) is 21.1. The molecule has 1 amide bonds. The molecule has 2 rings (SSSR count). The van der Waals surface area contributed by atoms with Crippen LogP contribution in [0.3, 0.4) is 0 Å². The molecule has 2 N–H and O–H groups in total. The van der Waals surface area contributed by atoms with Crippen molar-refractivity contribution in [2.75, 3.05) is 6.61 Å². The van der Waals surface area contributed by atoms with Gasteiger partial charge >= 0.3 is 5.97 Å². The number of benzene rings is 1. The zero-order chi connectivity index (χ0) is 14.0. The van der Waals surface area contributed by atoms with E-state index in [0.29, 0.717) is 12.2 Å². The van der Waals surface area contributed by atoms with Crippen LogP contribution in [-0.2, 0) is 4.74 Å². The van der Waals surface area contributed by atoms with Gasteiger partial charge in [0.2, 0.25) is 0 Å². The number of carboxylic acid groups (broad SMARTS) is 1. The molecule has 1 aromatic rings. The van der Waals surface area contributed by atoms with E-state index < -0.39 is 5.97 Å². The van der Waals surface area contributed by atoms with Crippen molar-refractivity contribution in [1.82, 2.24) is 5.32 Å². The summed E-state index contributed by atoms with van der Waals surface area (Å²) >= 11 is 0. The highest BCUT2D eigenvalue weighted by Crippen LogP contribution is 2.25. The fraction of sp³-hybridized carbons (Fsp3) is 0.429. The molecule has 0 saturated carbocycles. The van der Waals surface area contributed by atoms with Crippen molar-refractivity contribution >= 4 is 11.9 Å². The molecule has 1 heterocycles. The van der Waals surface area contributed by atoms with Crippen LogP contribution in [0.25, 0.3) is 0 Å². The number of carboxylic acids is 1. The molecule has 1 atom stereocenters. The summed E-state index contributed by atoms with van der Waals surface area (Å²) in [6.45, 7) is 4.52. The number of nitrogens with one attached hydrogen (secondary N) is 1. The summed E-state index contributed by atoms with van der Waals surface area (Å²) in [6.07, 6.45) is 0.784. The largest absolute Gasteiger partial charge is 0.478 e. The third-order valence-corrected chi connectivity index (χ3v) is 3.42. The monoisotopic (exact) mass is 263 g/mol. The summed E-state index contributed by atoms with van der Waals surface area (Å²) in [5, 5.41) is 11.7. The summed E-state index contributed by atoms with van der Waals surface area (Å²) < 4.78 is 5.55. The zero-order valence-corrected chi connectivity index (χ0v) is 11.0. The summed E-state index contributed by atoms with van der Waals surface area (Å²) in [6, 6.07) is 5.85. The van der Waals surface area contributed by atoms with E-state index in [-0.39, 0.29) is 23.1 Å². The molecule has 5 nitrogen and oxygen atoms in total. The van der Waals surface area contributed by atoms with Crippen LogP contribution in [-0.4, -0.2) is 35.2 Å². The average Bonchev–Trinajstić information content (AvgIpc) is 2.69. The second kappa shape index (κ2) is 5.01. The number of carbonyl (C=O) groups excluding carboxylic acids is 1. The lowest BCUT2D eigenvalue weighted by Crippen LogP contribution is -2.46. The third kappa shape index (κ3) is 2.93. The Kier molecular flexibility index (Phi) is 3.57. The Labute approximate surface area is 111 Å². The summed E-state index contributed by atoms with van der Waals surface area (Å²) in [5.41, 5.74) is 0.255. The van der Waals surface area contributed by atoms with E-state index >= 15 is 0 Å². The van der Waals surface area contributed by atoms with Gasteiger partial charge < -0.3 is 15.2 Å². The topological polar surface area (TPSA) is 75.6 Å². The van der Waals surface area contributed by atoms with Crippen LogP contribution in [0.1, 0.15) is 41.0 Å². The van der Waals surface area contributed by atoms with Gasteiger partial charge in [-0.3, -0.25) is 4.79 Å². The molecule has 0 spiro atoms. The molecular weight excluding hydrogens is 246 g/mol. The van der Waals surface area contributed by atoms with Gasteiger partial charge in [-0.1, -0.05) is 0 Å². The minimum absolute atomic E-state index is 0.0286. The molecule has 19 heavy (non-hydrogen) atoms. The number of ether oxygens (including phenoxy) is 1. The molecule has 1 unspecified atom stereocenters. The Balaban J connectivity index is 2.06. The van der Waals surface area contributed by atoms with E-state index in [1.165, 1.54) is 24.3 Å². The third-order valence-electron chi connectivity index (χ3n) is 3.42. The predicted octanol–water partition coefficient (Wildman–Crippen LogP) is 1.68. The molecule has 5 heteroatoms.